The van der Waals surface area contributed by atoms with Gasteiger partial charge in [0.25, 0.3) is 0 Å². The number of H-pyrrole nitrogens is 1. The van der Waals surface area contributed by atoms with Crippen LogP contribution in [-0.4, -0.2) is 42.7 Å². The Kier molecular flexibility index (Phi) is 5.35. The molecule has 0 radical (unpaired) electrons. The Hall–Kier alpha value is -2.70. The zero-order valence-electron chi connectivity index (χ0n) is 15.0. The van der Waals surface area contributed by atoms with Gasteiger partial charge in [0.2, 0.25) is 5.91 Å². The standard InChI is InChI=1S/C19H24N2O5/c1-25-12-9-16-15(17(10-12)26-2)8-11(21-16)4-3-7-20-18(22)13-5-6-14(13)19(23)24/h8-10,13-14,21H,3-7H2,1-2H3,(H,20,22)(H,23,24). The van der Waals surface area contributed by atoms with E-state index >= 15 is 0 Å². The number of methoxy groups -OCH3 is 2. The molecule has 1 fully saturated rings. The van der Waals surface area contributed by atoms with E-state index in [1.165, 1.54) is 0 Å². The first-order valence-electron chi connectivity index (χ1n) is 8.77. The van der Waals surface area contributed by atoms with Crippen molar-refractivity contribution in [2.45, 2.75) is 25.7 Å². The number of nitrogens with one attached hydrogen (secondary N) is 2. The molecule has 7 nitrogen and oxygen atoms in total. The molecule has 3 N–H and O–H groups in total. The molecule has 0 aliphatic heterocycles. The van der Waals surface area contributed by atoms with Crippen molar-refractivity contribution in [1.29, 1.82) is 0 Å². The Morgan fingerprint density at radius 2 is 1.96 bits per heavy atom. The van der Waals surface area contributed by atoms with Crippen LogP contribution in [0.5, 0.6) is 11.5 Å². The number of aromatic amines is 1. The number of ether oxygens (including phenoxy) is 2. The van der Waals surface area contributed by atoms with Crippen LogP contribution in [0.2, 0.25) is 0 Å². The highest BCUT2D eigenvalue weighted by Gasteiger charge is 2.41. The van der Waals surface area contributed by atoms with Crippen molar-refractivity contribution >= 4 is 22.8 Å². The van der Waals surface area contributed by atoms with E-state index in [1.807, 2.05) is 18.2 Å². The molecule has 0 saturated heterocycles. The Labute approximate surface area is 151 Å². The predicted octanol–water partition coefficient (Wildman–Crippen LogP) is 2.34. The van der Waals surface area contributed by atoms with Crippen LogP contribution in [-0.2, 0) is 16.0 Å². The first kappa shape index (κ1) is 18.1. The quantitative estimate of drug-likeness (QED) is 0.628. The molecule has 26 heavy (non-hydrogen) atoms. The molecule has 0 spiro atoms. The van der Waals surface area contributed by atoms with E-state index in [9.17, 15) is 9.59 Å². The van der Waals surface area contributed by atoms with Crippen molar-refractivity contribution in [3.05, 3.63) is 23.9 Å². The summed E-state index contributed by atoms with van der Waals surface area (Å²) < 4.78 is 10.7. The second-order valence-electron chi connectivity index (χ2n) is 6.61. The van der Waals surface area contributed by atoms with Gasteiger partial charge in [-0.1, -0.05) is 0 Å². The van der Waals surface area contributed by atoms with Gasteiger partial charge in [-0.25, -0.2) is 0 Å². The summed E-state index contributed by atoms with van der Waals surface area (Å²) in [4.78, 5) is 26.4. The molecule has 1 aliphatic rings. The van der Waals surface area contributed by atoms with E-state index in [0.717, 1.165) is 40.9 Å². The first-order valence-corrected chi connectivity index (χ1v) is 8.77. The monoisotopic (exact) mass is 360 g/mol. The summed E-state index contributed by atoms with van der Waals surface area (Å²) >= 11 is 0. The second kappa shape index (κ2) is 7.68. The van der Waals surface area contributed by atoms with Crippen LogP contribution < -0.4 is 14.8 Å². The predicted molar refractivity (Wildman–Crippen MR) is 96.6 cm³/mol. The van der Waals surface area contributed by atoms with Gasteiger partial charge >= 0.3 is 5.97 Å². The number of aliphatic carboxylic acids is 1. The smallest absolute Gasteiger partial charge is 0.307 e. The Morgan fingerprint density at radius 1 is 1.19 bits per heavy atom. The average Bonchev–Trinajstić information content (AvgIpc) is 2.99. The number of benzene rings is 1. The topological polar surface area (TPSA) is 101 Å². The van der Waals surface area contributed by atoms with Crippen LogP contribution in [0.3, 0.4) is 0 Å². The minimum Gasteiger partial charge on any atom is -0.497 e. The van der Waals surface area contributed by atoms with E-state index in [1.54, 1.807) is 14.2 Å². The molecule has 140 valence electrons. The first-order chi connectivity index (χ1) is 12.5. The maximum absolute atomic E-state index is 12.0. The van der Waals surface area contributed by atoms with E-state index in [4.69, 9.17) is 14.6 Å². The highest BCUT2D eigenvalue weighted by atomic mass is 16.5. The third kappa shape index (κ3) is 3.61. The molecule has 1 saturated carbocycles. The van der Waals surface area contributed by atoms with Crippen LogP contribution in [0, 0.1) is 11.8 Å². The Bertz CT molecular complexity index is 814. The lowest BCUT2D eigenvalue weighted by Gasteiger charge is -2.31. The number of aromatic nitrogens is 1. The number of aryl methyl sites for hydroxylation is 1. The number of fused-ring (bicyclic) bond motifs is 1. The molecule has 1 aromatic heterocycles. The largest absolute Gasteiger partial charge is 0.497 e. The number of carboxylic acids is 1. The van der Waals surface area contributed by atoms with Gasteiger partial charge in [0.05, 0.1) is 31.6 Å². The lowest BCUT2D eigenvalue weighted by molar-refractivity contribution is -0.152. The summed E-state index contributed by atoms with van der Waals surface area (Å²) in [5.41, 5.74) is 1.99. The molecule has 3 rings (SSSR count). The van der Waals surface area contributed by atoms with Crippen molar-refractivity contribution < 1.29 is 24.2 Å². The third-order valence-electron chi connectivity index (χ3n) is 5.04. The van der Waals surface area contributed by atoms with Crippen LogP contribution in [0.15, 0.2) is 18.2 Å². The minimum atomic E-state index is -0.876. The number of carbonyl (C=O) groups excluding carboxylic acids is 1. The van der Waals surface area contributed by atoms with Gasteiger partial charge in [0, 0.05) is 29.8 Å². The molecule has 7 heteroatoms. The molecular weight excluding hydrogens is 336 g/mol. The van der Waals surface area contributed by atoms with Crippen LogP contribution in [0.25, 0.3) is 10.9 Å². The molecule has 1 aliphatic carbocycles. The summed E-state index contributed by atoms with van der Waals surface area (Å²) in [5, 5.41) is 12.9. The summed E-state index contributed by atoms with van der Waals surface area (Å²) in [6.45, 7) is 0.525. The highest BCUT2D eigenvalue weighted by Crippen LogP contribution is 2.34. The number of amides is 1. The number of rotatable bonds is 8. The molecule has 1 amide bonds. The van der Waals surface area contributed by atoms with Crippen molar-refractivity contribution in [1.82, 2.24) is 10.3 Å². The number of hydrogen-bond donors (Lipinski definition) is 3. The van der Waals surface area contributed by atoms with E-state index in [0.29, 0.717) is 19.4 Å². The van der Waals surface area contributed by atoms with E-state index < -0.39 is 11.9 Å². The van der Waals surface area contributed by atoms with Crippen molar-refractivity contribution in [3.63, 3.8) is 0 Å². The lowest BCUT2D eigenvalue weighted by atomic mass is 9.73. The van der Waals surface area contributed by atoms with Crippen molar-refractivity contribution in [2.24, 2.45) is 11.8 Å². The molecule has 2 atom stereocenters. The summed E-state index contributed by atoms with van der Waals surface area (Å²) in [6.07, 6.45) is 2.79. The normalized spacial score (nSPS) is 19.0. The SMILES string of the molecule is COc1cc(OC)c2cc(CCCNC(=O)C3CCC3C(=O)O)[nH]c2c1. The Morgan fingerprint density at radius 3 is 2.58 bits per heavy atom. The summed E-state index contributed by atoms with van der Waals surface area (Å²) in [5.74, 6) is -0.447. The van der Waals surface area contributed by atoms with Crippen molar-refractivity contribution in [2.75, 3.05) is 20.8 Å². The average molecular weight is 360 g/mol. The summed E-state index contributed by atoms with van der Waals surface area (Å²) in [6, 6.07) is 5.81. The molecule has 1 heterocycles. The fraction of sp³-hybridized carbons (Fsp3) is 0.474. The van der Waals surface area contributed by atoms with Gasteiger partial charge in [-0.05, 0) is 31.7 Å². The van der Waals surface area contributed by atoms with Crippen LogP contribution in [0.1, 0.15) is 25.0 Å². The van der Waals surface area contributed by atoms with E-state index in [2.05, 4.69) is 10.3 Å². The molecule has 2 unspecified atom stereocenters. The van der Waals surface area contributed by atoms with Gasteiger partial charge < -0.3 is 24.9 Å². The summed E-state index contributed by atoms with van der Waals surface area (Å²) in [7, 11) is 3.24. The third-order valence-corrected chi connectivity index (χ3v) is 5.04. The molecular formula is C19H24N2O5. The van der Waals surface area contributed by atoms with Gasteiger partial charge in [0.1, 0.15) is 11.5 Å². The second-order valence-corrected chi connectivity index (χ2v) is 6.61. The highest BCUT2D eigenvalue weighted by molar-refractivity contribution is 5.88. The van der Waals surface area contributed by atoms with Gasteiger partial charge in [0.15, 0.2) is 0 Å². The fourth-order valence-corrected chi connectivity index (χ4v) is 3.39. The molecule has 0 bridgehead atoms. The van der Waals surface area contributed by atoms with Crippen molar-refractivity contribution in [3.8, 4) is 11.5 Å². The van der Waals surface area contributed by atoms with E-state index in [-0.39, 0.29) is 11.8 Å². The minimum absolute atomic E-state index is 0.147. The Balaban J connectivity index is 1.54. The number of hydrogen-bond acceptors (Lipinski definition) is 4. The molecule has 2 aromatic rings. The lowest BCUT2D eigenvalue weighted by Crippen LogP contribution is -2.44. The van der Waals surface area contributed by atoms with Gasteiger partial charge in [-0.2, -0.15) is 0 Å². The fourth-order valence-electron chi connectivity index (χ4n) is 3.39. The van der Waals surface area contributed by atoms with Gasteiger partial charge in [-0.3, -0.25) is 9.59 Å². The maximum atomic E-state index is 12.0. The van der Waals surface area contributed by atoms with Crippen LogP contribution in [0.4, 0.5) is 0 Å². The maximum Gasteiger partial charge on any atom is 0.307 e. The zero-order valence-corrected chi connectivity index (χ0v) is 15.0. The van der Waals surface area contributed by atoms with Crippen LogP contribution >= 0.6 is 0 Å². The zero-order chi connectivity index (χ0) is 18.7. The number of carboxylic acid groups (broad SMARTS) is 1. The molecule has 1 aromatic carbocycles. The number of carbonyl (C=O) groups is 2. The van der Waals surface area contributed by atoms with Gasteiger partial charge in [-0.15, -0.1) is 0 Å².